The minimum absolute atomic E-state index is 0.635. The van der Waals surface area contributed by atoms with Crippen LogP contribution in [0.25, 0.3) is 0 Å². The Balaban J connectivity index is 1.95. The van der Waals surface area contributed by atoms with Crippen molar-refractivity contribution in [1.82, 2.24) is 10.3 Å². The van der Waals surface area contributed by atoms with Crippen molar-refractivity contribution in [1.29, 1.82) is 0 Å². The van der Waals surface area contributed by atoms with Gasteiger partial charge < -0.3 is 5.32 Å². The zero-order valence-corrected chi connectivity index (χ0v) is 12.5. The molecule has 1 aliphatic rings. The third-order valence-corrected chi connectivity index (χ3v) is 5.12. The van der Waals surface area contributed by atoms with Crippen LogP contribution in [0.5, 0.6) is 0 Å². The van der Waals surface area contributed by atoms with Gasteiger partial charge in [0.15, 0.2) is 0 Å². The molecule has 2 rings (SSSR count). The summed E-state index contributed by atoms with van der Waals surface area (Å²) >= 11 is 1.80. The van der Waals surface area contributed by atoms with Crippen molar-refractivity contribution in [3.8, 4) is 0 Å². The van der Waals surface area contributed by atoms with E-state index in [1.165, 1.54) is 37.1 Å². The second kappa shape index (κ2) is 7.25. The molecule has 0 saturated heterocycles. The predicted molar refractivity (Wildman–Crippen MR) is 79.0 cm³/mol. The summed E-state index contributed by atoms with van der Waals surface area (Å²) in [7, 11) is 0. The zero-order valence-electron chi connectivity index (χ0n) is 11.7. The van der Waals surface area contributed by atoms with Crippen molar-refractivity contribution in [2.24, 2.45) is 11.8 Å². The largest absolute Gasteiger partial charge is 0.314 e. The molecule has 3 heteroatoms. The van der Waals surface area contributed by atoms with E-state index in [-0.39, 0.29) is 0 Å². The Morgan fingerprint density at radius 3 is 3.00 bits per heavy atom. The summed E-state index contributed by atoms with van der Waals surface area (Å²) in [5, 5.41) is 7.08. The maximum Gasteiger partial charge on any atom is 0.0940 e. The first-order valence-electron chi connectivity index (χ1n) is 7.45. The molecule has 3 unspecified atom stereocenters. The highest BCUT2D eigenvalue weighted by molar-refractivity contribution is 7.09. The lowest BCUT2D eigenvalue weighted by Gasteiger charge is -2.34. The fourth-order valence-corrected chi connectivity index (χ4v) is 3.95. The molecule has 1 aliphatic carbocycles. The summed E-state index contributed by atoms with van der Waals surface area (Å²) in [5.74, 6) is 1.81. The summed E-state index contributed by atoms with van der Waals surface area (Å²) < 4.78 is 0. The van der Waals surface area contributed by atoms with Crippen molar-refractivity contribution in [2.75, 3.05) is 6.54 Å². The number of likely N-dealkylation sites (N-methyl/N-ethyl adjacent to an activating group) is 1. The van der Waals surface area contributed by atoms with Gasteiger partial charge in [-0.1, -0.05) is 33.1 Å². The fraction of sp³-hybridized carbons (Fsp3) is 0.800. The van der Waals surface area contributed by atoms with Gasteiger partial charge in [0.05, 0.1) is 5.01 Å². The summed E-state index contributed by atoms with van der Waals surface area (Å²) in [5.41, 5.74) is 0. The standard InChI is InChI=1S/C15H26N2S/c1-3-12-6-5-7-13(10-12)14(16-4-2)11-15-17-8-9-18-15/h8-9,12-14,16H,3-7,10-11H2,1-2H3. The Kier molecular flexibility index (Phi) is 5.64. The third-order valence-electron chi connectivity index (χ3n) is 4.31. The highest BCUT2D eigenvalue weighted by Crippen LogP contribution is 2.33. The second-order valence-electron chi connectivity index (χ2n) is 5.50. The molecule has 0 bridgehead atoms. The number of nitrogens with zero attached hydrogens (tertiary/aromatic N) is 1. The predicted octanol–water partition coefficient (Wildman–Crippen LogP) is 3.88. The van der Waals surface area contributed by atoms with Gasteiger partial charge in [0.1, 0.15) is 0 Å². The van der Waals surface area contributed by atoms with Crippen LogP contribution in [0.2, 0.25) is 0 Å². The highest BCUT2D eigenvalue weighted by atomic mass is 32.1. The summed E-state index contributed by atoms with van der Waals surface area (Å²) in [6.07, 6.45) is 10.1. The van der Waals surface area contributed by atoms with Crippen molar-refractivity contribution >= 4 is 11.3 Å². The Labute approximate surface area is 115 Å². The molecule has 1 aromatic rings. The molecule has 3 atom stereocenters. The van der Waals surface area contributed by atoms with E-state index in [0.29, 0.717) is 6.04 Å². The maximum absolute atomic E-state index is 4.45. The average Bonchev–Trinajstić information content (AvgIpc) is 2.91. The number of aromatic nitrogens is 1. The van der Waals surface area contributed by atoms with Crippen LogP contribution in [0.3, 0.4) is 0 Å². The molecule has 0 amide bonds. The lowest BCUT2D eigenvalue weighted by atomic mass is 9.76. The second-order valence-corrected chi connectivity index (χ2v) is 6.47. The molecular weight excluding hydrogens is 240 g/mol. The summed E-state index contributed by atoms with van der Waals surface area (Å²) in [4.78, 5) is 4.45. The first kappa shape index (κ1) is 14.0. The van der Waals surface area contributed by atoms with E-state index in [9.17, 15) is 0 Å². The van der Waals surface area contributed by atoms with E-state index in [2.05, 4.69) is 29.5 Å². The molecule has 0 aliphatic heterocycles. The van der Waals surface area contributed by atoms with Gasteiger partial charge in [-0.2, -0.15) is 0 Å². The minimum Gasteiger partial charge on any atom is -0.314 e. The molecule has 102 valence electrons. The van der Waals surface area contributed by atoms with Gasteiger partial charge in [0.2, 0.25) is 0 Å². The number of thiazole rings is 1. The zero-order chi connectivity index (χ0) is 12.8. The first-order chi connectivity index (χ1) is 8.83. The van der Waals surface area contributed by atoms with Crippen molar-refractivity contribution < 1.29 is 0 Å². The number of hydrogen-bond acceptors (Lipinski definition) is 3. The van der Waals surface area contributed by atoms with Crippen LogP contribution in [0, 0.1) is 11.8 Å². The molecule has 1 N–H and O–H groups in total. The molecule has 1 aromatic heterocycles. The van der Waals surface area contributed by atoms with Gasteiger partial charge in [-0.3, -0.25) is 0 Å². The normalized spacial score (nSPS) is 26.1. The fourth-order valence-electron chi connectivity index (χ4n) is 3.28. The lowest BCUT2D eigenvalue weighted by Crippen LogP contribution is -2.40. The molecule has 1 fully saturated rings. The Bertz CT molecular complexity index is 323. The van der Waals surface area contributed by atoms with Crippen molar-refractivity contribution in [3.05, 3.63) is 16.6 Å². The van der Waals surface area contributed by atoms with Crippen LogP contribution in [-0.4, -0.2) is 17.6 Å². The van der Waals surface area contributed by atoms with Gasteiger partial charge in [0.25, 0.3) is 0 Å². The van der Waals surface area contributed by atoms with Crippen molar-refractivity contribution in [3.63, 3.8) is 0 Å². The quantitative estimate of drug-likeness (QED) is 0.845. The molecule has 1 saturated carbocycles. The van der Waals surface area contributed by atoms with E-state index < -0.39 is 0 Å². The van der Waals surface area contributed by atoms with E-state index >= 15 is 0 Å². The molecule has 0 radical (unpaired) electrons. The average molecular weight is 266 g/mol. The highest BCUT2D eigenvalue weighted by Gasteiger charge is 2.27. The summed E-state index contributed by atoms with van der Waals surface area (Å²) in [6.45, 7) is 5.63. The maximum atomic E-state index is 4.45. The number of nitrogens with one attached hydrogen (secondary N) is 1. The van der Waals surface area contributed by atoms with Crippen LogP contribution in [-0.2, 0) is 6.42 Å². The number of hydrogen-bond donors (Lipinski definition) is 1. The molecule has 18 heavy (non-hydrogen) atoms. The van der Waals surface area contributed by atoms with Gasteiger partial charge in [-0.25, -0.2) is 4.98 Å². The minimum atomic E-state index is 0.635. The van der Waals surface area contributed by atoms with E-state index in [4.69, 9.17) is 0 Å². The lowest BCUT2D eigenvalue weighted by molar-refractivity contribution is 0.208. The monoisotopic (exact) mass is 266 g/mol. The Morgan fingerprint density at radius 1 is 1.44 bits per heavy atom. The third kappa shape index (κ3) is 3.79. The van der Waals surface area contributed by atoms with Crippen LogP contribution >= 0.6 is 11.3 Å². The topological polar surface area (TPSA) is 24.9 Å². The van der Waals surface area contributed by atoms with Gasteiger partial charge in [-0.15, -0.1) is 11.3 Å². The smallest absolute Gasteiger partial charge is 0.0940 e. The van der Waals surface area contributed by atoms with Crippen LogP contribution < -0.4 is 5.32 Å². The summed E-state index contributed by atoms with van der Waals surface area (Å²) in [6, 6.07) is 0.635. The SMILES string of the molecule is CCNC(Cc1nccs1)C1CCCC(CC)C1. The first-order valence-corrected chi connectivity index (χ1v) is 8.33. The van der Waals surface area contributed by atoms with Gasteiger partial charge in [-0.05, 0) is 31.2 Å². The van der Waals surface area contributed by atoms with Gasteiger partial charge >= 0.3 is 0 Å². The van der Waals surface area contributed by atoms with E-state index in [1.54, 1.807) is 11.3 Å². The van der Waals surface area contributed by atoms with Crippen LogP contribution in [0.1, 0.15) is 51.0 Å². The number of rotatable bonds is 6. The Hall–Kier alpha value is -0.410. The molecule has 2 nitrogen and oxygen atoms in total. The van der Waals surface area contributed by atoms with Crippen LogP contribution in [0.15, 0.2) is 11.6 Å². The van der Waals surface area contributed by atoms with Gasteiger partial charge in [0, 0.05) is 24.0 Å². The van der Waals surface area contributed by atoms with E-state index in [1.807, 2.05) is 6.20 Å². The molecule has 0 aromatic carbocycles. The molecule has 1 heterocycles. The Morgan fingerprint density at radius 2 is 2.33 bits per heavy atom. The van der Waals surface area contributed by atoms with Crippen LogP contribution in [0.4, 0.5) is 0 Å². The molecule has 0 spiro atoms. The van der Waals surface area contributed by atoms with Crippen molar-refractivity contribution in [2.45, 2.75) is 58.4 Å². The van der Waals surface area contributed by atoms with E-state index in [0.717, 1.165) is 24.8 Å². The molecular formula is C15H26N2S.